The predicted octanol–water partition coefficient (Wildman–Crippen LogP) is 2.66. The molecule has 18 heavy (non-hydrogen) atoms. The van der Waals surface area contributed by atoms with Gasteiger partial charge in [0.05, 0.1) is 4.92 Å². The predicted molar refractivity (Wildman–Crippen MR) is 66.9 cm³/mol. The van der Waals surface area contributed by atoms with E-state index in [1.807, 2.05) is 7.05 Å². The standard InChI is InChI=1S/C13H17FN2O2/c1-9(15-2)13(6-7-13)8-10-4-3-5-11(12(10)14)16(17)18/h3-5,9,15H,6-8H2,1-2H3. The summed E-state index contributed by atoms with van der Waals surface area (Å²) in [5.41, 5.74) is 0.0781. The lowest BCUT2D eigenvalue weighted by Gasteiger charge is -2.23. The summed E-state index contributed by atoms with van der Waals surface area (Å²) in [5, 5.41) is 13.9. The summed E-state index contributed by atoms with van der Waals surface area (Å²) in [5.74, 6) is -0.683. The highest BCUT2D eigenvalue weighted by Crippen LogP contribution is 2.51. The summed E-state index contributed by atoms with van der Waals surface area (Å²) >= 11 is 0. The zero-order valence-electron chi connectivity index (χ0n) is 10.6. The molecule has 1 unspecified atom stereocenters. The third-order valence-electron chi connectivity index (χ3n) is 4.04. The number of halogens is 1. The van der Waals surface area contributed by atoms with Gasteiger partial charge in [-0.2, -0.15) is 4.39 Å². The minimum atomic E-state index is -0.683. The molecule has 1 aliphatic rings. The Morgan fingerprint density at radius 2 is 2.22 bits per heavy atom. The van der Waals surface area contributed by atoms with E-state index in [4.69, 9.17) is 0 Å². The Balaban J connectivity index is 2.25. The van der Waals surface area contributed by atoms with Gasteiger partial charge in [-0.3, -0.25) is 10.1 Å². The molecule has 1 atom stereocenters. The molecule has 0 radical (unpaired) electrons. The Hall–Kier alpha value is -1.49. The van der Waals surface area contributed by atoms with Gasteiger partial charge in [0.25, 0.3) is 0 Å². The van der Waals surface area contributed by atoms with E-state index in [0.717, 1.165) is 12.8 Å². The second-order valence-electron chi connectivity index (χ2n) is 5.06. The number of nitrogens with zero attached hydrogens (tertiary/aromatic N) is 1. The Kier molecular flexibility index (Phi) is 3.34. The highest BCUT2D eigenvalue weighted by atomic mass is 19.1. The third-order valence-corrected chi connectivity index (χ3v) is 4.04. The van der Waals surface area contributed by atoms with Crippen LogP contribution in [0.3, 0.4) is 0 Å². The molecular weight excluding hydrogens is 235 g/mol. The SMILES string of the molecule is CNC(C)C1(Cc2cccc([N+](=O)[O-])c2F)CC1. The van der Waals surface area contributed by atoms with Crippen LogP contribution in [0.25, 0.3) is 0 Å². The van der Waals surface area contributed by atoms with Gasteiger partial charge in [-0.1, -0.05) is 12.1 Å². The summed E-state index contributed by atoms with van der Waals surface area (Å²) in [6.45, 7) is 2.07. The lowest BCUT2D eigenvalue weighted by atomic mass is 9.89. The topological polar surface area (TPSA) is 55.2 Å². The highest BCUT2D eigenvalue weighted by Gasteiger charge is 2.47. The van der Waals surface area contributed by atoms with Crippen molar-refractivity contribution < 1.29 is 9.31 Å². The summed E-state index contributed by atoms with van der Waals surface area (Å²) in [4.78, 5) is 10.0. The summed E-state index contributed by atoms with van der Waals surface area (Å²) in [6, 6.07) is 4.69. The molecule has 0 heterocycles. The first-order chi connectivity index (χ1) is 8.50. The number of benzene rings is 1. The van der Waals surface area contributed by atoms with E-state index < -0.39 is 16.4 Å². The molecule has 5 heteroatoms. The number of nitro groups is 1. The van der Waals surface area contributed by atoms with Crippen molar-refractivity contribution >= 4 is 5.69 Å². The van der Waals surface area contributed by atoms with Crippen LogP contribution in [0.1, 0.15) is 25.3 Å². The van der Waals surface area contributed by atoms with Crippen molar-refractivity contribution in [3.05, 3.63) is 39.7 Å². The number of rotatable bonds is 5. The van der Waals surface area contributed by atoms with Gasteiger partial charge < -0.3 is 5.32 Å². The third kappa shape index (κ3) is 2.22. The monoisotopic (exact) mass is 252 g/mol. The van der Waals surface area contributed by atoms with Crippen molar-refractivity contribution in [3.63, 3.8) is 0 Å². The molecule has 1 aliphatic carbocycles. The summed E-state index contributed by atoms with van der Waals surface area (Å²) < 4.78 is 14.0. The molecule has 0 amide bonds. The molecule has 0 saturated heterocycles. The maximum Gasteiger partial charge on any atom is 0.305 e. The van der Waals surface area contributed by atoms with E-state index >= 15 is 0 Å². The maximum atomic E-state index is 14.0. The average Bonchev–Trinajstić information content (AvgIpc) is 3.11. The van der Waals surface area contributed by atoms with Crippen molar-refractivity contribution in [1.82, 2.24) is 5.32 Å². The van der Waals surface area contributed by atoms with Gasteiger partial charge >= 0.3 is 5.69 Å². The molecule has 1 aromatic rings. The van der Waals surface area contributed by atoms with Gasteiger partial charge in [-0.15, -0.1) is 0 Å². The fourth-order valence-corrected chi connectivity index (χ4v) is 2.45. The molecular formula is C13H17FN2O2. The van der Waals surface area contributed by atoms with Crippen LogP contribution < -0.4 is 5.32 Å². The molecule has 1 N–H and O–H groups in total. The zero-order valence-corrected chi connectivity index (χ0v) is 10.6. The first-order valence-electron chi connectivity index (χ1n) is 6.09. The molecule has 0 bridgehead atoms. The van der Waals surface area contributed by atoms with Crippen LogP contribution in [0, 0.1) is 21.3 Å². The van der Waals surface area contributed by atoms with E-state index in [2.05, 4.69) is 12.2 Å². The lowest BCUT2D eigenvalue weighted by molar-refractivity contribution is -0.387. The zero-order chi connectivity index (χ0) is 13.3. The second-order valence-corrected chi connectivity index (χ2v) is 5.06. The fraction of sp³-hybridized carbons (Fsp3) is 0.538. The van der Waals surface area contributed by atoms with Gasteiger partial charge in [-0.25, -0.2) is 0 Å². The molecule has 1 fully saturated rings. The van der Waals surface area contributed by atoms with Crippen molar-refractivity contribution in [2.45, 2.75) is 32.2 Å². The summed E-state index contributed by atoms with van der Waals surface area (Å²) in [6.07, 6.45) is 2.64. The summed E-state index contributed by atoms with van der Waals surface area (Å²) in [7, 11) is 1.88. The maximum absolute atomic E-state index is 14.0. The van der Waals surface area contributed by atoms with Crippen molar-refractivity contribution in [2.24, 2.45) is 5.41 Å². The van der Waals surface area contributed by atoms with Crippen LogP contribution in [0.4, 0.5) is 10.1 Å². The van der Waals surface area contributed by atoms with E-state index in [0.29, 0.717) is 12.0 Å². The molecule has 0 spiro atoms. The number of nitrogens with one attached hydrogen (secondary N) is 1. The van der Waals surface area contributed by atoms with Gasteiger partial charge in [0.15, 0.2) is 0 Å². The molecule has 0 aliphatic heterocycles. The minimum Gasteiger partial charge on any atom is -0.317 e. The number of hydrogen-bond donors (Lipinski definition) is 1. The van der Waals surface area contributed by atoms with E-state index in [1.54, 1.807) is 12.1 Å². The molecule has 1 aromatic carbocycles. The fourth-order valence-electron chi connectivity index (χ4n) is 2.45. The first-order valence-corrected chi connectivity index (χ1v) is 6.09. The van der Waals surface area contributed by atoms with Gasteiger partial charge in [0.1, 0.15) is 0 Å². The van der Waals surface area contributed by atoms with Crippen molar-refractivity contribution in [3.8, 4) is 0 Å². The van der Waals surface area contributed by atoms with Crippen molar-refractivity contribution in [1.29, 1.82) is 0 Å². The second kappa shape index (κ2) is 4.65. The Morgan fingerprint density at radius 1 is 1.56 bits per heavy atom. The Bertz CT molecular complexity index is 472. The largest absolute Gasteiger partial charge is 0.317 e. The Labute approximate surface area is 105 Å². The lowest BCUT2D eigenvalue weighted by Crippen LogP contribution is -2.33. The molecule has 0 aromatic heterocycles. The number of hydrogen-bond acceptors (Lipinski definition) is 3. The highest BCUT2D eigenvalue weighted by molar-refractivity contribution is 5.37. The van der Waals surface area contributed by atoms with Crippen LogP contribution in [0.5, 0.6) is 0 Å². The van der Waals surface area contributed by atoms with Crippen LogP contribution in [0.2, 0.25) is 0 Å². The van der Waals surface area contributed by atoms with Crippen molar-refractivity contribution in [2.75, 3.05) is 7.05 Å². The van der Waals surface area contributed by atoms with Gasteiger partial charge in [0.2, 0.25) is 5.82 Å². The van der Waals surface area contributed by atoms with Crippen LogP contribution in [-0.2, 0) is 6.42 Å². The quantitative estimate of drug-likeness (QED) is 0.647. The van der Waals surface area contributed by atoms with E-state index in [-0.39, 0.29) is 11.5 Å². The molecule has 4 nitrogen and oxygen atoms in total. The van der Waals surface area contributed by atoms with Gasteiger partial charge in [0, 0.05) is 12.1 Å². The molecule has 98 valence electrons. The Morgan fingerprint density at radius 3 is 2.72 bits per heavy atom. The smallest absolute Gasteiger partial charge is 0.305 e. The van der Waals surface area contributed by atoms with Crippen LogP contribution >= 0.6 is 0 Å². The molecule has 2 rings (SSSR count). The normalized spacial score (nSPS) is 18.4. The van der Waals surface area contributed by atoms with Crippen LogP contribution in [0.15, 0.2) is 18.2 Å². The van der Waals surface area contributed by atoms with E-state index in [1.165, 1.54) is 6.07 Å². The molecule has 1 saturated carbocycles. The van der Waals surface area contributed by atoms with E-state index in [9.17, 15) is 14.5 Å². The first kappa shape index (κ1) is 13.0. The average molecular weight is 252 g/mol. The minimum absolute atomic E-state index is 0.0603. The van der Waals surface area contributed by atoms with Gasteiger partial charge in [-0.05, 0) is 44.2 Å². The van der Waals surface area contributed by atoms with Crippen LogP contribution in [-0.4, -0.2) is 18.0 Å². The number of nitro benzene ring substituents is 1.